The minimum absolute atomic E-state index is 0.0239. The molecule has 1 fully saturated rings. The van der Waals surface area contributed by atoms with Gasteiger partial charge in [0.25, 0.3) is 5.85 Å². The Morgan fingerprint density at radius 2 is 1.65 bits per heavy atom. The number of nitrogens with zero attached hydrogens (tertiary/aromatic N) is 1. The zero-order chi connectivity index (χ0) is 22.6. The van der Waals surface area contributed by atoms with Gasteiger partial charge in [0.2, 0.25) is 10.0 Å². The molecule has 0 saturated carbocycles. The van der Waals surface area contributed by atoms with Crippen LogP contribution < -0.4 is 10.1 Å². The molecule has 0 bridgehead atoms. The zero-order valence-corrected chi connectivity index (χ0v) is 18.6. The van der Waals surface area contributed by atoms with Crippen molar-refractivity contribution in [2.75, 3.05) is 18.4 Å². The number of anilines is 1. The van der Waals surface area contributed by atoms with Crippen molar-refractivity contribution in [1.29, 1.82) is 0 Å². The lowest BCUT2D eigenvalue weighted by molar-refractivity contribution is -0.118. The largest absolute Gasteiger partial charge is 0.491 e. The molecule has 1 amide bonds. The normalized spacial score (nSPS) is 16.7. The third-order valence-corrected chi connectivity index (χ3v) is 6.79. The van der Waals surface area contributed by atoms with Crippen LogP contribution in [0.15, 0.2) is 53.4 Å². The summed E-state index contributed by atoms with van der Waals surface area (Å²) in [4.78, 5) is 12.3. The Kier molecular flexibility index (Phi) is 6.86. The highest BCUT2D eigenvalue weighted by Gasteiger charge is 2.41. The van der Waals surface area contributed by atoms with E-state index < -0.39 is 22.0 Å². The molecule has 3 rings (SSSR count). The quantitative estimate of drug-likeness (QED) is 0.701. The van der Waals surface area contributed by atoms with E-state index in [0.717, 1.165) is 5.56 Å². The number of rotatable bonds is 6. The van der Waals surface area contributed by atoms with Gasteiger partial charge in [-0.05, 0) is 57.2 Å². The van der Waals surface area contributed by atoms with Crippen molar-refractivity contribution < 1.29 is 27.1 Å². The average Bonchev–Trinajstić information content (AvgIpc) is 2.69. The molecule has 1 saturated heterocycles. The van der Waals surface area contributed by atoms with E-state index in [2.05, 4.69) is 5.32 Å². The summed E-state index contributed by atoms with van der Waals surface area (Å²) in [6.07, 6.45) is -1.40. The Hall–Kier alpha value is -2.65. The molecule has 9 heteroatoms. The molecule has 0 atom stereocenters. The minimum Gasteiger partial charge on any atom is -0.491 e. The maximum Gasteiger partial charge on any atom is 0.414 e. The van der Waals surface area contributed by atoms with Crippen molar-refractivity contribution in [2.45, 2.75) is 50.5 Å². The molecule has 1 heterocycles. The third kappa shape index (κ3) is 5.95. The van der Waals surface area contributed by atoms with Gasteiger partial charge in [0.15, 0.2) is 0 Å². The predicted molar refractivity (Wildman–Crippen MR) is 115 cm³/mol. The number of alkyl halides is 1. The Bertz CT molecular complexity index is 999. The Morgan fingerprint density at radius 1 is 1.06 bits per heavy atom. The summed E-state index contributed by atoms with van der Waals surface area (Å²) < 4.78 is 52.2. The van der Waals surface area contributed by atoms with Gasteiger partial charge in [-0.1, -0.05) is 17.7 Å². The first-order valence-corrected chi connectivity index (χ1v) is 11.5. The number of sulfonamides is 1. The summed E-state index contributed by atoms with van der Waals surface area (Å²) in [6, 6.07) is 13.1. The van der Waals surface area contributed by atoms with Gasteiger partial charge in [0, 0.05) is 31.6 Å². The molecule has 31 heavy (non-hydrogen) atoms. The molecule has 0 aromatic heterocycles. The number of hydrogen-bond donors (Lipinski definition) is 1. The topological polar surface area (TPSA) is 84.9 Å². The molecule has 0 aliphatic carbocycles. The van der Waals surface area contributed by atoms with Crippen molar-refractivity contribution in [3.05, 3.63) is 54.1 Å². The van der Waals surface area contributed by atoms with E-state index in [4.69, 9.17) is 9.47 Å². The van der Waals surface area contributed by atoms with Gasteiger partial charge in [-0.15, -0.1) is 0 Å². The fraction of sp³-hybridized carbons (Fsp3) is 0.409. The fourth-order valence-electron chi connectivity index (χ4n) is 3.22. The van der Waals surface area contributed by atoms with Crippen LogP contribution in [-0.4, -0.2) is 43.9 Å². The van der Waals surface area contributed by atoms with Crippen LogP contribution in [0.5, 0.6) is 5.75 Å². The highest BCUT2D eigenvalue weighted by Crippen LogP contribution is 2.31. The van der Waals surface area contributed by atoms with Crippen LogP contribution in [0.4, 0.5) is 14.9 Å². The minimum atomic E-state index is -3.72. The number of nitrogens with one attached hydrogen (secondary N) is 1. The summed E-state index contributed by atoms with van der Waals surface area (Å²) in [5.41, 5.74) is 1.38. The lowest BCUT2D eigenvalue weighted by atomic mass is 10.1. The van der Waals surface area contributed by atoms with Gasteiger partial charge in [0.1, 0.15) is 5.75 Å². The van der Waals surface area contributed by atoms with Gasteiger partial charge in [0.05, 0.1) is 11.0 Å². The van der Waals surface area contributed by atoms with Crippen molar-refractivity contribution in [1.82, 2.24) is 4.31 Å². The second-order valence-corrected chi connectivity index (χ2v) is 9.74. The summed E-state index contributed by atoms with van der Waals surface area (Å²) >= 11 is 0. The smallest absolute Gasteiger partial charge is 0.414 e. The van der Waals surface area contributed by atoms with E-state index in [9.17, 15) is 13.2 Å². The maximum atomic E-state index is 15.0. The first-order valence-electron chi connectivity index (χ1n) is 10.1. The molecule has 1 aliphatic rings. The van der Waals surface area contributed by atoms with Crippen molar-refractivity contribution in [3.63, 3.8) is 0 Å². The number of ether oxygens (including phenoxy) is 2. The van der Waals surface area contributed by atoms with Crippen LogP contribution in [0.1, 0.15) is 32.3 Å². The van der Waals surface area contributed by atoms with Gasteiger partial charge in [-0.2, -0.15) is 8.70 Å². The molecule has 1 aliphatic heterocycles. The number of carbonyl (C=O) groups excluding carboxylic acids is 1. The van der Waals surface area contributed by atoms with Crippen LogP contribution in [-0.2, 0) is 14.8 Å². The van der Waals surface area contributed by atoms with Crippen molar-refractivity contribution in [3.8, 4) is 5.75 Å². The number of benzene rings is 2. The van der Waals surface area contributed by atoms with Crippen molar-refractivity contribution >= 4 is 21.8 Å². The van der Waals surface area contributed by atoms with E-state index in [1.807, 2.05) is 20.8 Å². The molecule has 0 spiro atoms. The summed E-state index contributed by atoms with van der Waals surface area (Å²) in [5, 5.41) is 2.48. The number of piperidine rings is 1. The van der Waals surface area contributed by atoms with E-state index in [-0.39, 0.29) is 36.9 Å². The second kappa shape index (κ2) is 9.23. The van der Waals surface area contributed by atoms with Crippen LogP contribution in [0, 0.1) is 6.92 Å². The van der Waals surface area contributed by atoms with E-state index in [1.165, 1.54) is 16.4 Å². The highest BCUT2D eigenvalue weighted by atomic mass is 32.2. The summed E-state index contributed by atoms with van der Waals surface area (Å²) in [7, 11) is -3.72. The predicted octanol–water partition coefficient (Wildman–Crippen LogP) is 4.48. The molecule has 0 unspecified atom stereocenters. The lowest BCUT2D eigenvalue weighted by Gasteiger charge is -2.34. The summed E-state index contributed by atoms with van der Waals surface area (Å²) in [5.74, 6) is -1.58. The van der Waals surface area contributed by atoms with Gasteiger partial charge < -0.3 is 9.47 Å². The third-order valence-electron chi connectivity index (χ3n) is 4.88. The highest BCUT2D eigenvalue weighted by molar-refractivity contribution is 7.89. The Morgan fingerprint density at radius 3 is 2.19 bits per heavy atom. The summed E-state index contributed by atoms with van der Waals surface area (Å²) in [6.45, 7) is 5.51. The number of halogens is 1. The molecule has 2 aromatic carbocycles. The molecule has 1 N–H and O–H groups in total. The van der Waals surface area contributed by atoms with E-state index in [1.54, 1.807) is 36.4 Å². The molecule has 7 nitrogen and oxygen atoms in total. The fourth-order valence-corrected chi connectivity index (χ4v) is 4.66. The Labute approximate surface area is 182 Å². The monoisotopic (exact) mass is 450 g/mol. The van der Waals surface area contributed by atoms with E-state index >= 15 is 4.39 Å². The molecular weight excluding hydrogens is 423 g/mol. The van der Waals surface area contributed by atoms with Gasteiger partial charge >= 0.3 is 6.09 Å². The Balaban J connectivity index is 1.55. The standard InChI is InChI=1S/C22H27FN2O5S/c1-16(2)29-19-8-6-18(7-9-19)24-21(26)30-22(23)12-14-25(15-13-22)31(27,28)20-10-4-17(3)5-11-20/h4-11,16H,12-15H2,1-3H3,(H,24,26). The lowest BCUT2D eigenvalue weighted by Crippen LogP contribution is -2.47. The van der Waals surface area contributed by atoms with Crippen LogP contribution >= 0.6 is 0 Å². The number of amides is 1. The zero-order valence-electron chi connectivity index (χ0n) is 17.8. The van der Waals surface area contributed by atoms with Crippen LogP contribution in [0.2, 0.25) is 0 Å². The molecule has 2 aromatic rings. The number of aryl methyl sites for hydroxylation is 1. The van der Waals surface area contributed by atoms with Gasteiger partial charge in [-0.25, -0.2) is 13.2 Å². The van der Waals surface area contributed by atoms with Crippen molar-refractivity contribution in [2.24, 2.45) is 0 Å². The van der Waals surface area contributed by atoms with E-state index in [0.29, 0.717) is 11.4 Å². The molecule has 0 radical (unpaired) electrons. The molecule has 168 valence electrons. The molecular formula is C22H27FN2O5S. The first kappa shape index (κ1) is 23.0. The number of carbonyl (C=O) groups is 1. The average molecular weight is 451 g/mol. The SMILES string of the molecule is Cc1ccc(S(=O)(=O)N2CCC(F)(OC(=O)Nc3ccc(OC(C)C)cc3)CC2)cc1. The van der Waals surface area contributed by atoms with Crippen LogP contribution in [0.25, 0.3) is 0 Å². The van der Waals surface area contributed by atoms with Crippen LogP contribution in [0.3, 0.4) is 0 Å². The first-order chi connectivity index (χ1) is 14.6. The van der Waals surface area contributed by atoms with Gasteiger partial charge in [-0.3, -0.25) is 5.32 Å². The second-order valence-electron chi connectivity index (χ2n) is 7.81. The maximum absolute atomic E-state index is 15.0. The number of hydrogen-bond acceptors (Lipinski definition) is 5.